The fourth-order valence-electron chi connectivity index (χ4n) is 3.07. The fraction of sp³-hybridized carbons (Fsp3) is 0. The third-order valence-electron chi connectivity index (χ3n) is 4.40. The van der Waals surface area contributed by atoms with E-state index in [1.807, 2.05) is 0 Å². The molecule has 0 atom stereocenters. The Hall–Kier alpha value is -3.15. The molecular weight excluding hydrogens is 414 g/mol. The highest BCUT2D eigenvalue weighted by Gasteiger charge is 2.40. The molecule has 0 aromatic heterocycles. The molecule has 3 aromatic carbocycles. The first-order valence-electron chi connectivity index (χ1n) is 8.61. The van der Waals surface area contributed by atoms with Gasteiger partial charge in [-0.15, -0.1) is 0 Å². The van der Waals surface area contributed by atoms with Crippen molar-refractivity contribution in [2.75, 3.05) is 10.2 Å². The molecule has 2 amide bonds. The van der Waals surface area contributed by atoms with Gasteiger partial charge in [-0.25, -0.2) is 9.29 Å². The molecule has 144 valence electrons. The highest BCUT2D eigenvalue weighted by atomic mass is 35.5. The summed E-state index contributed by atoms with van der Waals surface area (Å²) in [6.07, 6.45) is 0. The van der Waals surface area contributed by atoms with Gasteiger partial charge in [-0.2, -0.15) is 0 Å². The second kappa shape index (κ2) is 7.70. The summed E-state index contributed by atoms with van der Waals surface area (Å²) in [4.78, 5) is 27.5. The van der Waals surface area contributed by atoms with Gasteiger partial charge in [0.25, 0.3) is 11.8 Å². The van der Waals surface area contributed by atoms with Gasteiger partial charge in [-0.1, -0.05) is 41.4 Å². The summed E-state index contributed by atoms with van der Waals surface area (Å²) < 4.78 is 13.6. The SMILES string of the molecule is O=C1C(Nc2cccc(F)c2)=C(c2ccc(Cl)cc2)C(=O)N1c1ccc(Cl)cc1. The van der Waals surface area contributed by atoms with Crippen LogP contribution in [0.4, 0.5) is 15.8 Å². The molecule has 0 spiro atoms. The minimum atomic E-state index is -0.550. The van der Waals surface area contributed by atoms with Crippen molar-refractivity contribution in [2.24, 2.45) is 0 Å². The summed E-state index contributed by atoms with van der Waals surface area (Å²) >= 11 is 11.9. The summed E-state index contributed by atoms with van der Waals surface area (Å²) in [6.45, 7) is 0. The van der Waals surface area contributed by atoms with E-state index in [4.69, 9.17) is 23.2 Å². The lowest BCUT2D eigenvalue weighted by Gasteiger charge is -2.15. The number of hydrogen-bond donors (Lipinski definition) is 1. The number of imide groups is 1. The van der Waals surface area contributed by atoms with Crippen molar-refractivity contribution in [1.29, 1.82) is 0 Å². The van der Waals surface area contributed by atoms with Crippen molar-refractivity contribution in [3.8, 4) is 0 Å². The molecule has 0 fully saturated rings. The maximum absolute atomic E-state index is 13.6. The Morgan fingerprint density at radius 3 is 2.03 bits per heavy atom. The fourth-order valence-corrected chi connectivity index (χ4v) is 3.32. The highest BCUT2D eigenvalue weighted by Crippen LogP contribution is 2.34. The molecule has 0 aliphatic carbocycles. The van der Waals surface area contributed by atoms with Gasteiger partial charge in [-0.05, 0) is 60.2 Å². The van der Waals surface area contributed by atoms with Crippen molar-refractivity contribution >= 4 is 52.0 Å². The molecule has 4 nitrogen and oxygen atoms in total. The molecule has 0 bridgehead atoms. The number of amides is 2. The topological polar surface area (TPSA) is 49.4 Å². The Morgan fingerprint density at radius 1 is 0.793 bits per heavy atom. The molecule has 1 aliphatic heterocycles. The number of carbonyl (C=O) groups is 2. The lowest BCUT2D eigenvalue weighted by Crippen LogP contribution is -2.32. The molecule has 4 rings (SSSR count). The van der Waals surface area contributed by atoms with Crippen molar-refractivity contribution in [3.05, 3.63) is 99.9 Å². The van der Waals surface area contributed by atoms with Gasteiger partial charge in [-0.3, -0.25) is 9.59 Å². The van der Waals surface area contributed by atoms with Crippen LogP contribution < -0.4 is 10.2 Å². The second-order valence-electron chi connectivity index (χ2n) is 6.31. The van der Waals surface area contributed by atoms with Gasteiger partial charge in [0.1, 0.15) is 11.5 Å². The molecule has 0 saturated carbocycles. The molecular formula is C22H13Cl2FN2O2. The highest BCUT2D eigenvalue weighted by molar-refractivity contribution is 6.46. The van der Waals surface area contributed by atoms with Crippen LogP contribution in [0.15, 0.2) is 78.5 Å². The third kappa shape index (κ3) is 3.75. The van der Waals surface area contributed by atoms with Crippen molar-refractivity contribution < 1.29 is 14.0 Å². The summed E-state index contributed by atoms with van der Waals surface area (Å²) in [6, 6.07) is 18.6. The Bertz CT molecular complexity index is 1140. The van der Waals surface area contributed by atoms with E-state index in [2.05, 4.69) is 5.32 Å². The lowest BCUT2D eigenvalue weighted by atomic mass is 10.0. The number of nitrogens with zero attached hydrogens (tertiary/aromatic N) is 1. The number of rotatable bonds is 4. The minimum absolute atomic E-state index is 0.0536. The van der Waals surface area contributed by atoms with Crippen LogP contribution >= 0.6 is 23.2 Å². The van der Waals surface area contributed by atoms with Crippen LogP contribution in [0.25, 0.3) is 5.57 Å². The summed E-state index contributed by atoms with van der Waals surface area (Å²) in [7, 11) is 0. The molecule has 0 unspecified atom stereocenters. The van der Waals surface area contributed by atoms with E-state index in [9.17, 15) is 14.0 Å². The van der Waals surface area contributed by atoms with Gasteiger partial charge < -0.3 is 5.32 Å². The van der Waals surface area contributed by atoms with Crippen LogP contribution in [0.1, 0.15) is 5.56 Å². The summed E-state index contributed by atoms with van der Waals surface area (Å²) in [5, 5.41) is 3.89. The van der Waals surface area contributed by atoms with E-state index >= 15 is 0 Å². The van der Waals surface area contributed by atoms with Crippen LogP contribution in [0.2, 0.25) is 10.0 Å². The largest absolute Gasteiger partial charge is 0.350 e. The van der Waals surface area contributed by atoms with Gasteiger partial charge >= 0.3 is 0 Å². The van der Waals surface area contributed by atoms with E-state index in [0.29, 0.717) is 27.0 Å². The second-order valence-corrected chi connectivity index (χ2v) is 7.19. The molecule has 7 heteroatoms. The predicted octanol–water partition coefficient (Wildman–Crippen LogP) is 5.53. The molecule has 1 heterocycles. The van der Waals surface area contributed by atoms with Crippen LogP contribution in [0.3, 0.4) is 0 Å². The van der Waals surface area contributed by atoms with Crippen LogP contribution in [0, 0.1) is 5.82 Å². The maximum Gasteiger partial charge on any atom is 0.282 e. The van der Waals surface area contributed by atoms with Gasteiger partial charge in [0, 0.05) is 15.7 Å². The van der Waals surface area contributed by atoms with Crippen molar-refractivity contribution in [2.45, 2.75) is 0 Å². The summed E-state index contributed by atoms with van der Waals surface area (Å²) in [5.41, 5.74) is 1.48. The third-order valence-corrected chi connectivity index (χ3v) is 4.90. The first-order chi connectivity index (χ1) is 13.9. The number of nitrogens with one attached hydrogen (secondary N) is 1. The Morgan fingerprint density at radius 2 is 1.41 bits per heavy atom. The molecule has 0 radical (unpaired) electrons. The van der Waals surface area contributed by atoms with Gasteiger partial charge in [0.05, 0.1) is 11.3 Å². The van der Waals surface area contributed by atoms with Crippen LogP contribution in [-0.4, -0.2) is 11.8 Å². The summed E-state index contributed by atoms with van der Waals surface area (Å²) in [5.74, 6) is -1.51. The average molecular weight is 427 g/mol. The van der Waals surface area contributed by atoms with Gasteiger partial charge in [0.15, 0.2) is 0 Å². The number of benzene rings is 3. The van der Waals surface area contributed by atoms with Crippen LogP contribution in [-0.2, 0) is 9.59 Å². The van der Waals surface area contributed by atoms with E-state index in [0.717, 1.165) is 4.90 Å². The van der Waals surface area contributed by atoms with E-state index < -0.39 is 17.6 Å². The standard InChI is InChI=1S/C22H13Cl2FN2O2/c23-14-6-4-13(5-7-14)19-20(26-17-3-1-2-16(25)12-17)22(29)27(21(19)28)18-10-8-15(24)9-11-18/h1-12,26H. The first-order valence-corrected chi connectivity index (χ1v) is 9.37. The Balaban J connectivity index is 1.82. The Labute approximate surface area is 176 Å². The monoisotopic (exact) mass is 426 g/mol. The zero-order valence-corrected chi connectivity index (χ0v) is 16.3. The van der Waals surface area contributed by atoms with Gasteiger partial charge in [0.2, 0.25) is 0 Å². The average Bonchev–Trinajstić information content (AvgIpc) is 2.93. The number of hydrogen-bond acceptors (Lipinski definition) is 3. The van der Waals surface area contributed by atoms with Crippen LogP contribution in [0.5, 0.6) is 0 Å². The van der Waals surface area contributed by atoms with Crippen molar-refractivity contribution in [1.82, 2.24) is 0 Å². The number of anilines is 2. The molecule has 0 saturated heterocycles. The molecule has 1 N–H and O–H groups in total. The first kappa shape index (κ1) is 19.2. The number of carbonyl (C=O) groups excluding carboxylic acids is 2. The smallest absolute Gasteiger partial charge is 0.282 e. The zero-order chi connectivity index (χ0) is 20.5. The van der Waals surface area contributed by atoms with E-state index in [1.54, 1.807) is 54.6 Å². The molecule has 3 aromatic rings. The maximum atomic E-state index is 13.6. The number of halogens is 3. The minimum Gasteiger partial charge on any atom is -0.350 e. The quantitative estimate of drug-likeness (QED) is 0.558. The Kier molecular flexibility index (Phi) is 5.09. The normalized spacial score (nSPS) is 14.0. The molecule has 1 aliphatic rings. The van der Waals surface area contributed by atoms with E-state index in [-0.39, 0.29) is 11.3 Å². The van der Waals surface area contributed by atoms with Crippen molar-refractivity contribution in [3.63, 3.8) is 0 Å². The lowest BCUT2D eigenvalue weighted by molar-refractivity contribution is -0.120. The van der Waals surface area contributed by atoms with E-state index in [1.165, 1.54) is 18.2 Å². The zero-order valence-electron chi connectivity index (χ0n) is 14.8. The predicted molar refractivity (Wildman–Crippen MR) is 112 cm³/mol. The molecule has 29 heavy (non-hydrogen) atoms.